The summed E-state index contributed by atoms with van der Waals surface area (Å²) in [5, 5.41) is 3.40. The van der Waals surface area contributed by atoms with E-state index in [1.807, 2.05) is 12.1 Å². The Bertz CT molecular complexity index is 365. The first-order valence-corrected chi connectivity index (χ1v) is 6.46. The third-order valence-corrected chi connectivity index (χ3v) is 3.20. The summed E-state index contributed by atoms with van der Waals surface area (Å²) >= 11 is 0. The number of hydrogen-bond acceptors (Lipinski definition) is 2. The molecule has 0 heterocycles. The van der Waals surface area contributed by atoms with Crippen molar-refractivity contribution >= 4 is 0 Å². The van der Waals surface area contributed by atoms with Gasteiger partial charge in [-0.05, 0) is 51.8 Å². The van der Waals surface area contributed by atoms with Gasteiger partial charge in [0.2, 0.25) is 0 Å². The summed E-state index contributed by atoms with van der Waals surface area (Å²) in [4.78, 5) is 0. The highest BCUT2D eigenvalue weighted by atomic mass is 19.1. The third-order valence-electron chi connectivity index (χ3n) is 3.20. The van der Waals surface area contributed by atoms with E-state index in [-0.39, 0.29) is 11.4 Å². The Morgan fingerprint density at radius 2 is 2.00 bits per heavy atom. The number of methoxy groups -OCH3 is 1. The number of nitrogens with one attached hydrogen (secondary N) is 1. The van der Waals surface area contributed by atoms with Crippen molar-refractivity contribution in [2.75, 3.05) is 13.7 Å². The van der Waals surface area contributed by atoms with E-state index in [1.54, 1.807) is 13.2 Å². The molecule has 0 fully saturated rings. The fourth-order valence-electron chi connectivity index (χ4n) is 2.05. The second kappa shape index (κ2) is 6.86. The van der Waals surface area contributed by atoms with Gasteiger partial charge >= 0.3 is 0 Å². The lowest BCUT2D eigenvalue weighted by Crippen LogP contribution is -2.36. The molecule has 3 heteroatoms. The van der Waals surface area contributed by atoms with Crippen molar-refractivity contribution in [1.82, 2.24) is 5.32 Å². The second-order valence-corrected chi connectivity index (χ2v) is 5.36. The fraction of sp³-hybridized carbons (Fsp3) is 0.600. The molecule has 102 valence electrons. The van der Waals surface area contributed by atoms with Crippen LogP contribution in [0.3, 0.4) is 0 Å². The zero-order valence-electron chi connectivity index (χ0n) is 11.8. The molecule has 0 aliphatic rings. The van der Waals surface area contributed by atoms with Gasteiger partial charge in [0.15, 0.2) is 0 Å². The molecule has 0 spiro atoms. The van der Waals surface area contributed by atoms with Crippen LogP contribution in [-0.2, 0) is 11.2 Å². The summed E-state index contributed by atoms with van der Waals surface area (Å²) in [5.74, 6) is -0.121. The van der Waals surface area contributed by atoms with Crippen LogP contribution in [0.2, 0.25) is 0 Å². The summed E-state index contributed by atoms with van der Waals surface area (Å²) in [6, 6.07) is 7.28. The smallest absolute Gasteiger partial charge is 0.126 e. The van der Waals surface area contributed by atoms with E-state index in [2.05, 4.69) is 26.1 Å². The Hall–Kier alpha value is -0.930. The van der Waals surface area contributed by atoms with E-state index < -0.39 is 0 Å². The van der Waals surface area contributed by atoms with E-state index in [4.69, 9.17) is 4.74 Å². The number of ether oxygens (including phenoxy) is 1. The predicted octanol–water partition coefficient (Wildman–Crippen LogP) is 3.16. The first kappa shape index (κ1) is 15.1. The molecule has 0 radical (unpaired) electrons. The van der Waals surface area contributed by atoms with Crippen molar-refractivity contribution in [3.8, 4) is 0 Å². The van der Waals surface area contributed by atoms with Crippen LogP contribution in [0.15, 0.2) is 24.3 Å². The predicted molar refractivity (Wildman–Crippen MR) is 73.3 cm³/mol. The summed E-state index contributed by atoms with van der Waals surface area (Å²) in [5.41, 5.74) is 0.646. The molecule has 1 rings (SSSR count). The zero-order chi connectivity index (χ0) is 13.6. The van der Waals surface area contributed by atoms with Crippen LogP contribution < -0.4 is 5.32 Å². The van der Waals surface area contributed by atoms with Crippen molar-refractivity contribution < 1.29 is 9.13 Å². The lowest BCUT2D eigenvalue weighted by atomic mass is 10.00. The molecule has 0 saturated carbocycles. The van der Waals surface area contributed by atoms with E-state index in [1.165, 1.54) is 6.07 Å². The maximum atomic E-state index is 13.4. The van der Waals surface area contributed by atoms with Gasteiger partial charge in [0.25, 0.3) is 0 Å². The Balaban J connectivity index is 2.32. The molecule has 1 atom stereocenters. The van der Waals surface area contributed by atoms with Crippen LogP contribution in [0, 0.1) is 5.82 Å². The minimum Gasteiger partial charge on any atom is -0.379 e. The maximum absolute atomic E-state index is 13.4. The van der Waals surface area contributed by atoms with Crippen molar-refractivity contribution in [2.45, 2.75) is 45.3 Å². The lowest BCUT2D eigenvalue weighted by Gasteiger charge is -2.27. The average Bonchev–Trinajstić information content (AvgIpc) is 2.31. The average molecular weight is 253 g/mol. The van der Waals surface area contributed by atoms with Crippen LogP contribution in [0.1, 0.15) is 32.8 Å². The molecule has 0 aliphatic carbocycles. The summed E-state index contributed by atoms with van der Waals surface area (Å²) < 4.78 is 18.8. The molecule has 1 N–H and O–H groups in total. The van der Waals surface area contributed by atoms with Gasteiger partial charge in [0, 0.05) is 13.2 Å². The molecule has 0 amide bonds. The van der Waals surface area contributed by atoms with Crippen molar-refractivity contribution in [3.63, 3.8) is 0 Å². The summed E-state index contributed by atoms with van der Waals surface area (Å²) in [7, 11) is 1.73. The molecule has 0 aromatic heterocycles. The quantitative estimate of drug-likeness (QED) is 0.806. The molecular weight excluding hydrogens is 229 g/mol. The first-order valence-electron chi connectivity index (χ1n) is 6.46. The fourth-order valence-corrected chi connectivity index (χ4v) is 2.05. The zero-order valence-corrected chi connectivity index (χ0v) is 11.8. The molecule has 18 heavy (non-hydrogen) atoms. The topological polar surface area (TPSA) is 21.3 Å². The number of hydrogen-bond donors (Lipinski definition) is 1. The number of rotatable bonds is 7. The van der Waals surface area contributed by atoms with Crippen LogP contribution in [-0.4, -0.2) is 25.3 Å². The highest BCUT2D eigenvalue weighted by Crippen LogP contribution is 2.15. The van der Waals surface area contributed by atoms with Crippen LogP contribution in [0.4, 0.5) is 4.39 Å². The van der Waals surface area contributed by atoms with Crippen molar-refractivity contribution in [1.29, 1.82) is 0 Å². The molecule has 0 saturated heterocycles. The second-order valence-electron chi connectivity index (χ2n) is 5.36. The summed E-state index contributed by atoms with van der Waals surface area (Å²) in [6.07, 6.45) is 1.64. The largest absolute Gasteiger partial charge is 0.379 e. The monoisotopic (exact) mass is 253 g/mol. The minimum atomic E-state index is -0.121. The van der Waals surface area contributed by atoms with Gasteiger partial charge in [-0.25, -0.2) is 4.39 Å². The molecule has 1 unspecified atom stereocenters. The van der Waals surface area contributed by atoms with E-state index in [9.17, 15) is 4.39 Å². The van der Waals surface area contributed by atoms with Gasteiger partial charge in [-0.3, -0.25) is 0 Å². The molecule has 1 aromatic rings. The molecule has 2 nitrogen and oxygen atoms in total. The first-order chi connectivity index (χ1) is 8.44. The Labute approximate surface area is 110 Å². The van der Waals surface area contributed by atoms with E-state index in [0.717, 1.165) is 18.5 Å². The standard InChI is InChI=1S/C15H24FNO/c1-12(11-15(2,3)18-4)17-10-9-13-7-5-6-8-14(13)16/h5-8,12,17H,9-11H2,1-4H3. The van der Waals surface area contributed by atoms with Gasteiger partial charge in [-0.15, -0.1) is 0 Å². The minimum absolute atomic E-state index is 0.121. The van der Waals surface area contributed by atoms with E-state index in [0.29, 0.717) is 12.5 Å². The highest BCUT2D eigenvalue weighted by molar-refractivity contribution is 5.17. The molecule has 1 aromatic carbocycles. The van der Waals surface area contributed by atoms with Crippen molar-refractivity contribution in [3.05, 3.63) is 35.6 Å². The normalized spacial score (nSPS) is 13.6. The van der Waals surface area contributed by atoms with E-state index >= 15 is 0 Å². The SMILES string of the molecule is COC(C)(C)CC(C)NCCc1ccccc1F. The lowest BCUT2D eigenvalue weighted by molar-refractivity contribution is 0.00865. The van der Waals surface area contributed by atoms with Gasteiger partial charge in [0.05, 0.1) is 5.60 Å². The number of halogens is 1. The van der Waals surface area contributed by atoms with Gasteiger partial charge < -0.3 is 10.1 Å². The van der Waals surface area contributed by atoms with Gasteiger partial charge in [-0.1, -0.05) is 18.2 Å². The van der Waals surface area contributed by atoms with Crippen molar-refractivity contribution in [2.24, 2.45) is 0 Å². The van der Waals surface area contributed by atoms with Gasteiger partial charge in [0.1, 0.15) is 5.82 Å². The Kier molecular flexibility index (Phi) is 5.76. The molecule has 0 bridgehead atoms. The maximum Gasteiger partial charge on any atom is 0.126 e. The highest BCUT2D eigenvalue weighted by Gasteiger charge is 2.19. The third kappa shape index (κ3) is 5.15. The van der Waals surface area contributed by atoms with Crippen LogP contribution in [0.5, 0.6) is 0 Å². The Morgan fingerprint density at radius 3 is 2.61 bits per heavy atom. The van der Waals surface area contributed by atoms with Gasteiger partial charge in [-0.2, -0.15) is 0 Å². The summed E-state index contributed by atoms with van der Waals surface area (Å²) in [6.45, 7) is 7.05. The Morgan fingerprint density at radius 1 is 1.33 bits per heavy atom. The van der Waals surface area contributed by atoms with Crippen LogP contribution in [0.25, 0.3) is 0 Å². The van der Waals surface area contributed by atoms with Crippen LogP contribution >= 0.6 is 0 Å². The molecule has 0 aliphatic heterocycles. The number of benzene rings is 1. The molecular formula is C15H24FNO.